The van der Waals surface area contributed by atoms with Crippen LogP contribution in [0.1, 0.15) is 18.9 Å². The van der Waals surface area contributed by atoms with Gasteiger partial charge >= 0.3 is 0 Å². The van der Waals surface area contributed by atoms with Gasteiger partial charge < -0.3 is 10.1 Å². The van der Waals surface area contributed by atoms with Gasteiger partial charge in [0.2, 0.25) is 0 Å². The van der Waals surface area contributed by atoms with Crippen molar-refractivity contribution in [1.82, 2.24) is 10.2 Å². The van der Waals surface area contributed by atoms with Crippen molar-refractivity contribution >= 4 is 10.8 Å². The lowest BCUT2D eigenvalue weighted by molar-refractivity contribution is 0.219. The Morgan fingerprint density at radius 2 is 2.05 bits per heavy atom. The fraction of sp³-hybridized carbons (Fsp3) is 0.625. The molecule has 0 unspecified atom stereocenters. The minimum Gasteiger partial charge on any atom is -0.492 e. The number of benzene rings is 1. The second kappa shape index (κ2) is 9.18. The predicted octanol–water partition coefficient (Wildman–Crippen LogP) is 1.63. The lowest BCUT2D eigenvalue weighted by Crippen LogP contribution is -2.39. The molecule has 21 heavy (non-hydrogen) atoms. The number of para-hydroxylation sites is 1. The highest BCUT2D eigenvalue weighted by molar-refractivity contribution is 7.85. The molecule has 1 aliphatic heterocycles. The van der Waals surface area contributed by atoms with E-state index >= 15 is 0 Å². The maximum atomic E-state index is 11.3. The van der Waals surface area contributed by atoms with Crippen LogP contribution in [0, 0.1) is 0 Å². The Hall–Kier alpha value is -0.910. The zero-order valence-corrected chi connectivity index (χ0v) is 13.7. The largest absolute Gasteiger partial charge is 0.492 e. The van der Waals surface area contributed by atoms with Gasteiger partial charge in [0.1, 0.15) is 12.4 Å². The molecule has 0 saturated carbocycles. The number of nitrogens with zero attached hydrogens (tertiary/aromatic N) is 1. The van der Waals surface area contributed by atoms with Crippen LogP contribution in [0.3, 0.4) is 0 Å². The van der Waals surface area contributed by atoms with Crippen LogP contribution in [0.25, 0.3) is 0 Å². The molecule has 0 aromatic heterocycles. The van der Waals surface area contributed by atoms with Crippen molar-refractivity contribution in [2.75, 3.05) is 44.3 Å². The Morgan fingerprint density at radius 1 is 1.29 bits per heavy atom. The van der Waals surface area contributed by atoms with E-state index in [4.69, 9.17) is 4.74 Å². The molecule has 1 fully saturated rings. The van der Waals surface area contributed by atoms with E-state index < -0.39 is 10.8 Å². The van der Waals surface area contributed by atoms with E-state index in [1.807, 2.05) is 12.1 Å². The summed E-state index contributed by atoms with van der Waals surface area (Å²) in [4.78, 5) is 2.33. The quantitative estimate of drug-likeness (QED) is 0.741. The number of ether oxygens (including phenoxy) is 1. The molecule has 2 rings (SSSR count). The molecule has 0 spiro atoms. The molecular weight excluding hydrogens is 284 g/mol. The van der Waals surface area contributed by atoms with Gasteiger partial charge in [-0.1, -0.05) is 25.1 Å². The molecule has 1 saturated heterocycles. The van der Waals surface area contributed by atoms with Gasteiger partial charge in [0.05, 0.1) is 0 Å². The van der Waals surface area contributed by atoms with E-state index in [1.54, 1.807) is 0 Å². The lowest BCUT2D eigenvalue weighted by atomic mass is 10.2. The second-order valence-electron chi connectivity index (χ2n) is 5.32. The van der Waals surface area contributed by atoms with E-state index in [2.05, 4.69) is 29.3 Å². The number of hydrogen-bond donors (Lipinski definition) is 1. The highest BCUT2D eigenvalue weighted by Crippen LogP contribution is 2.17. The molecule has 1 N–H and O–H groups in total. The van der Waals surface area contributed by atoms with Crippen molar-refractivity contribution in [2.45, 2.75) is 19.9 Å². The Morgan fingerprint density at radius 3 is 2.81 bits per heavy atom. The monoisotopic (exact) mass is 310 g/mol. The molecule has 0 radical (unpaired) electrons. The first kappa shape index (κ1) is 16.5. The van der Waals surface area contributed by atoms with Gasteiger partial charge in [-0.15, -0.1) is 0 Å². The molecule has 0 amide bonds. The van der Waals surface area contributed by atoms with Crippen LogP contribution in [0.5, 0.6) is 5.75 Å². The molecule has 0 bridgehead atoms. The third-order valence-corrected chi connectivity index (χ3v) is 4.93. The standard InChI is InChI=1S/C16H26N2O2S/c1-2-7-17-14-15-5-3-4-6-16(15)20-11-8-18-9-12-21(19)13-10-18/h3-6,17H,2,7-14H2,1H3. The summed E-state index contributed by atoms with van der Waals surface area (Å²) in [5.74, 6) is 2.58. The first-order valence-electron chi connectivity index (χ1n) is 7.78. The van der Waals surface area contributed by atoms with Gasteiger partial charge in [0, 0.05) is 54.0 Å². The van der Waals surface area contributed by atoms with Gasteiger partial charge in [-0.25, -0.2) is 0 Å². The first-order valence-corrected chi connectivity index (χ1v) is 9.27. The lowest BCUT2D eigenvalue weighted by Gasteiger charge is -2.26. The Balaban J connectivity index is 1.75. The van der Waals surface area contributed by atoms with E-state index in [0.29, 0.717) is 6.61 Å². The Labute approximate surface area is 130 Å². The van der Waals surface area contributed by atoms with E-state index in [9.17, 15) is 4.21 Å². The van der Waals surface area contributed by atoms with Crippen molar-refractivity contribution in [3.63, 3.8) is 0 Å². The zero-order chi connectivity index (χ0) is 14.9. The minimum absolute atomic E-state index is 0.602. The summed E-state index contributed by atoms with van der Waals surface area (Å²) in [6.45, 7) is 7.50. The maximum absolute atomic E-state index is 11.3. The van der Waals surface area contributed by atoms with Crippen LogP contribution in [0.4, 0.5) is 0 Å². The summed E-state index contributed by atoms with van der Waals surface area (Å²) in [6, 6.07) is 8.22. The first-order chi connectivity index (χ1) is 10.3. The van der Waals surface area contributed by atoms with Crippen LogP contribution in [0.15, 0.2) is 24.3 Å². The Bertz CT molecular complexity index is 444. The minimum atomic E-state index is -0.602. The van der Waals surface area contributed by atoms with Crippen LogP contribution in [0.2, 0.25) is 0 Å². The van der Waals surface area contributed by atoms with Crippen molar-refractivity contribution in [2.24, 2.45) is 0 Å². The number of rotatable bonds is 8. The third kappa shape index (κ3) is 5.77. The third-order valence-electron chi connectivity index (χ3n) is 3.65. The van der Waals surface area contributed by atoms with Crippen molar-refractivity contribution in [1.29, 1.82) is 0 Å². The number of hydrogen-bond acceptors (Lipinski definition) is 4. The molecular formula is C16H26N2O2S. The fourth-order valence-electron chi connectivity index (χ4n) is 2.37. The van der Waals surface area contributed by atoms with Gasteiger partial charge in [-0.2, -0.15) is 0 Å². The molecule has 1 aliphatic rings. The van der Waals surface area contributed by atoms with Crippen molar-refractivity contribution < 1.29 is 8.95 Å². The van der Waals surface area contributed by atoms with Gasteiger partial charge in [0.25, 0.3) is 0 Å². The van der Waals surface area contributed by atoms with E-state index in [-0.39, 0.29) is 0 Å². The average Bonchev–Trinajstić information content (AvgIpc) is 2.51. The van der Waals surface area contributed by atoms with Crippen LogP contribution < -0.4 is 10.1 Å². The van der Waals surface area contributed by atoms with Crippen LogP contribution >= 0.6 is 0 Å². The van der Waals surface area contributed by atoms with Gasteiger partial charge in [-0.05, 0) is 19.0 Å². The molecule has 0 aliphatic carbocycles. The summed E-state index contributed by atoms with van der Waals surface area (Å²) in [7, 11) is -0.602. The Kier molecular flexibility index (Phi) is 7.19. The number of nitrogens with one attached hydrogen (secondary N) is 1. The van der Waals surface area contributed by atoms with E-state index in [0.717, 1.165) is 56.4 Å². The predicted molar refractivity (Wildman–Crippen MR) is 88.3 cm³/mol. The average molecular weight is 310 g/mol. The highest BCUT2D eigenvalue weighted by atomic mass is 32.2. The summed E-state index contributed by atoms with van der Waals surface area (Å²) in [5, 5.41) is 3.41. The summed E-state index contributed by atoms with van der Waals surface area (Å²) in [6.07, 6.45) is 1.14. The van der Waals surface area contributed by atoms with Gasteiger partial charge in [-0.3, -0.25) is 9.11 Å². The molecule has 4 nitrogen and oxygen atoms in total. The summed E-state index contributed by atoms with van der Waals surface area (Å²) in [5.41, 5.74) is 1.21. The topological polar surface area (TPSA) is 41.6 Å². The van der Waals surface area contributed by atoms with E-state index in [1.165, 1.54) is 5.56 Å². The zero-order valence-electron chi connectivity index (χ0n) is 12.8. The van der Waals surface area contributed by atoms with Crippen molar-refractivity contribution in [3.05, 3.63) is 29.8 Å². The molecule has 0 atom stereocenters. The molecule has 1 aromatic rings. The maximum Gasteiger partial charge on any atom is 0.123 e. The second-order valence-corrected chi connectivity index (χ2v) is 7.02. The molecule has 1 heterocycles. The SMILES string of the molecule is CCCNCc1ccccc1OCCN1CCS(=O)CC1. The highest BCUT2D eigenvalue weighted by Gasteiger charge is 2.14. The molecule has 1 aromatic carbocycles. The van der Waals surface area contributed by atoms with Crippen LogP contribution in [-0.4, -0.2) is 53.4 Å². The summed E-state index contributed by atoms with van der Waals surface area (Å²) < 4.78 is 17.3. The van der Waals surface area contributed by atoms with Gasteiger partial charge in [0.15, 0.2) is 0 Å². The normalized spacial score (nSPS) is 17.0. The van der Waals surface area contributed by atoms with Crippen LogP contribution in [-0.2, 0) is 17.3 Å². The van der Waals surface area contributed by atoms with Crippen molar-refractivity contribution in [3.8, 4) is 5.75 Å². The smallest absolute Gasteiger partial charge is 0.123 e. The fourth-order valence-corrected chi connectivity index (χ4v) is 3.50. The molecule has 5 heteroatoms. The molecule has 118 valence electrons. The summed E-state index contributed by atoms with van der Waals surface area (Å²) >= 11 is 0.